The molecular formula is C14H13PS. The van der Waals surface area contributed by atoms with Crippen molar-refractivity contribution in [3.05, 3.63) is 72.7 Å². The van der Waals surface area contributed by atoms with Crippen molar-refractivity contribution >= 4 is 29.1 Å². The summed E-state index contributed by atoms with van der Waals surface area (Å²) < 4.78 is 0. The van der Waals surface area contributed by atoms with Gasteiger partial charge < -0.3 is 0 Å². The fourth-order valence-corrected chi connectivity index (χ4v) is 4.96. The Bertz CT molecular complexity index is 399. The minimum absolute atomic E-state index is 0.352. The number of hydrogen-bond donors (Lipinski definition) is 0. The molecule has 0 N–H and O–H groups in total. The molecule has 0 aliphatic heterocycles. The lowest BCUT2D eigenvalue weighted by Gasteiger charge is -2.15. The lowest BCUT2D eigenvalue weighted by Crippen LogP contribution is -2.08. The van der Waals surface area contributed by atoms with Crippen molar-refractivity contribution in [1.29, 1.82) is 0 Å². The molecule has 2 aromatic carbocycles. The highest BCUT2D eigenvalue weighted by Gasteiger charge is 2.11. The average molecular weight is 244 g/mol. The van der Waals surface area contributed by atoms with Gasteiger partial charge in [0.2, 0.25) is 0 Å². The number of benzene rings is 2. The van der Waals surface area contributed by atoms with Gasteiger partial charge in [0.05, 0.1) is 0 Å². The molecule has 0 amide bonds. The zero-order valence-corrected chi connectivity index (χ0v) is 10.6. The molecule has 0 aliphatic rings. The molecular weight excluding hydrogens is 231 g/mol. The predicted molar refractivity (Wildman–Crippen MR) is 76.9 cm³/mol. The maximum atomic E-state index is 3.83. The molecule has 80 valence electrons. The highest BCUT2D eigenvalue weighted by Crippen LogP contribution is 2.47. The van der Waals surface area contributed by atoms with Gasteiger partial charge in [0.1, 0.15) is 0 Å². The Kier molecular flexibility index (Phi) is 4.21. The molecule has 0 unspecified atom stereocenters. The summed E-state index contributed by atoms with van der Waals surface area (Å²) in [5, 5.41) is 4.70. The monoisotopic (exact) mass is 244 g/mol. The van der Waals surface area contributed by atoms with Crippen molar-refractivity contribution in [3.8, 4) is 0 Å². The van der Waals surface area contributed by atoms with Crippen LogP contribution in [0.1, 0.15) is 0 Å². The maximum Gasteiger partial charge on any atom is 0.0201 e. The highest BCUT2D eigenvalue weighted by atomic mass is 32.7. The van der Waals surface area contributed by atoms with Crippen LogP contribution < -0.4 is 10.6 Å². The minimum Gasteiger partial charge on any atom is -0.0973 e. The van der Waals surface area contributed by atoms with Gasteiger partial charge in [-0.25, -0.2) is 0 Å². The van der Waals surface area contributed by atoms with Gasteiger partial charge in [-0.05, 0) is 16.0 Å². The van der Waals surface area contributed by atoms with Crippen molar-refractivity contribution in [2.75, 3.05) is 0 Å². The van der Waals surface area contributed by atoms with Gasteiger partial charge in [0.25, 0.3) is 0 Å². The summed E-state index contributed by atoms with van der Waals surface area (Å²) in [4.78, 5) is 0. The molecule has 0 aromatic heterocycles. The fraction of sp³-hybridized carbons (Fsp3) is 0. The summed E-state index contributed by atoms with van der Waals surface area (Å²) in [6.07, 6.45) is 0. The zero-order valence-electron chi connectivity index (χ0n) is 8.91. The van der Waals surface area contributed by atoms with E-state index in [9.17, 15) is 0 Å². The van der Waals surface area contributed by atoms with Gasteiger partial charge in [-0.2, -0.15) is 0 Å². The van der Waals surface area contributed by atoms with Crippen LogP contribution in [-0.2, 0) is 0 Å². The van der Waals surface area contributed by atoms with Crippen molar-refractivity contribution in [2.24, 2.45) is 0 Å². The first-order valence-electron chi connectivity index (χ1n) is 5.10. The van der Waals surface area contributed by atoms with Gasteiger partial charge in [-0.1, -0.05) is 78.6 Å². The van der Waals surface area contributed by atoms with Gasteiger partial charge >= 0.3 is 0 Å². The molecule has 0 radical (unpaired) electrons. The molecule has 2 heteroatoms. The van der Waals surface area contributed by atoms with E-state index in [-0.39, 0.29) is 7.12 Å². The quantitative estimate of drug-likeness (QED) is 0.735. The Morgan fingerprint density at radius 3 is 1.62 bits per heavy atom. The van der Waals surface area contributed by atoms with E-state index in [0.717, 1.165) is 0 Å². The molecule has 0 saturated heterocycles. The Morgan fingerprint density at radius 2 is 1.25 bits per heavy atom. The fourth-order valence-electron chi connectivity index (χ4n) is 1.47. The molecule has 0 spiro atoms. The third-order valence-electron chi connectivity index (χ3n) is 2.16. The summed E-state index contributed by atoms with van der Waals surface area (Å²) in [6.45, 7) is 3.83. The molecule has 0 aliphatic carbocycles. The van der Waals surface area contributed by atoms with Crippen molar-refractivity contribution < 1.29 is 0 Å². The van der Waals surface area contributed by atoms with E-state index in [1.165, 1.54) is 10.6 Å². The minimum atomic E-state index is -0.352. The molecule has 2 aromatic rings. The van der Waals surface area contributed by atoms with Crippen LogP contribution in [0.4, 0.5) is 0 Å². The Labute approximate surface area is 102 Å². The third-order valence-corrected chi connectivity index (χ3v) is 6.40. The van der Waals surface area contributed by atoms with E-state index >= 15 is 0 Å². The standard InChI is InChI=1S/C14H13PS/c1-2-16-15(13-9-5-3-6-10-13)14-11-7-4-8-12-14/h2-12H,1H2. The molecule has 0 fully saturated rings. The van der Waals surface area contributed by atoms with Gasteiger partial charge in [-0.15, -0.1) is 0 Å². The average Bonchev–Trinajstić information content (AvgIpc) is 2.38. The number of rotatable bonds is 4. The zero-order chi connectivity index (χ0) is 11.2. The summed E-state index contributed by atoms with van der Waals surface area (Å²) in [6, 6.07) is 21.2. The lowest BCUT2D eigenvalue weighted by molar-refractivity contribution is 1.76. The summed E-state index contributed by atoms with van der Waals surface area (Å²) >= 11 is 1.81. The number of hydrogen-bond acceptors (Lipinski definition) is 1. The topological polar surface area (TPSA) is 0 Å². The molecule has 0 saturated carbocycles. The van der Waals surface area contributed by atoms with Crippen LogP contribution in [0.2, 0.25) is 0 Å². The van der Waals surface area contributed by atoms with Gasteiger partial charge in [-0.3, -0.25) is 0 Å². The molecule has 0 heterocycles. The largest absolute Gasteiger partial charge is 0.0973 e. The van der Waals surface area contributed by atoms with Crippen LogP contribution in [0.15, 0.2) is 72.7 Å². The van der Waals surface area contributed by atoms with Crippen LogP contribution in [-0.4, -0.2) is 0 Å². The van der Waals surface area contributed by atoms with E-state index in [0.29, 0.717) is 0 Å². The molecule has 0 nitrogen and oxygen atoms in total. The second-order valence-electron chi connectivity index (χ2n) is 3.24. The van der Waals surface area contributed by atoms with Gasteiger partial charge in [0, 0.05) is 7.12 Å². The molecule has 16 heavy (non-hydrogen) atoms. The summed E-state index contributed by atoms with van der Waals surface area (Å²) in [5.74, 6) is 0. The van der Waals surface area contributed by atoms with Crippen LogP contribution in [0, 0.1) is 0 Å². The first-order chi connectivity index (χ1) is 7.92. The van der Waals surface area contributed by atoms with Crippen LogP contribution in [0.5, 0.6) is 0 Å². The van der Waals surface area contributed by atoms with E-state index in [4.69, 9.17) is 0 Å². The Balaban J connectivity index is 2.35. The van der Waals surface area contributed by atoms with Crippen molar-refractivity contribution in [2.45, 2.75) is 0 Å². The lowest BCUT2D eigenvalue weighted by atomic mass is 10.4. The Hall–Kier alpha value is -1.04. The van der Waals surface area contributed by atoms with Crippen LogP contribution in [0.25, 0.3) is 0 Å². The predicted octanol–water partition coefficient (Wildman–Crippen LogP) is 3.91. The van der Waals surface area contributed by atoms with E-state index in [1.807, 2.05) is 16.8 Å². The van der Waals surface area contributed by atoms with Gasteiger partial charge in [0.15, 0.2) is 0 Å². The van der Waals surface area contributed by atoms with E-state index < -0.39 is 0 Å². The first-order valence-corrected chi connectivity index (χ1v) is 7.92. The molecule has 2 rings (SSSR count). The normalized spacial score (nSPS) is 10.3. The van der Waals surface area contributed by atoms with Crippen molar-refractivity contribution in [1.82, 2.24) is 0 Å². The van der Waals surface area contributed by atoms with Crippen molar-refractivity contribution in [3.63, 3.8) is 0 Å². The molecule has 0 bridgehead atoms. The SMILES string of the molecule is C=CSP(c1ccccc1)c1ccccc1. The second kappa shape index (κ2) is 5.89. The Morgan fingerprint density at radius 1 is 0.812 bits per heavy atom. The summed E-state index contributed by atoms with van der Waals surface area (Å²) in [5.41, 5.74) is 0. The van der Waals surface area contributed by atoms with Crippen LogP contribution in [0.3, 0.4) is 0 Å². The van der Waals surface area contributed by atoms with E-state index in [1.54, 1.807) is 0 Å². The molecule has 0 atom stereocenters. The third kappa shape index (κ3) is 2.75. The highest BCUT2D eigenvalue weighted by molar-refractivity contribution is 8.61. The first kappa shape index (κ1) is 11.4. The summed E-state index contributed by atoms with van der Waals surface area (Å²) in [7, 11) is -0.352. The maximum absolute atomic E-state index is 3.83. The van der Waals surface area contributed by atoms with E-state index in [2.05, 4.69) is 67.2 Å². The second-order valence-corrected chi connectivity index (χ2v) is 7.13. The van der Waals surface area contributed by atoms with Crippen LogP contribution >= 0.6 is 18.5 Å². The smallest absolute Gasteiger partial charge is 0.0201 e.